The van der Waals surface area contributed by atoms with Crippen LogP contribution < -0.4 is 0 Å². The molecule has 0 unspecified atom stereocenters. The van der Waals surface area contributed by atoms with Gasteiger partial charge in [-0.05, 0) is 31.4 Å². The molecule has 1 aromatic rings. The van der Waals surface area contributed by atoms with Crippen LogP contribution in [0, 0.1) is 0 Å². The predicted octanol–water partition coefficient (Wildman–Crippen LogP) is 3.11. The minimum absolute atomic E-state index is 0.149. The highest BCUT2D eigenvalue weighted by Crippen LogP contribution is 2.45. The van der Waals surface area contributed by atoms with Crippen LogP contribution in [-0.4, -0.2) is 11.7 Å². The van der Waals surface area contributed by atoms with Crippen LogP contribution in [0.3, 0.4) is 0 Å². The third-order valence-electron chi connectivity index (χ3n) is 3.29. The van der Waals surface area contributed by atoms with Crippen LogP contribution in [-0.2, 0) is 11.8 Å². The summed E-state index contributed by atoms with van der Waals surface area (Å²) < 4.78 is 0. The van der Waals surface area contributed by atoms with E-state index in [0.29, 0.717) is 6.61 Å². The van der Waals surface area contributed by atoms with Gasteiger partial charge in [-0.2, -0.15) is 0 Å². The molecule has 0 spiro atoms. The molecule has 14 heavy (non-hydrogen) atoms. The molecule has 1 aliphatic rings. The average Bonchev–Trinajstić information content (AvgIpc) is 2.54. The summed E-state index contributed by atoms with van der Waals surface area (Å²) in [5.41, 5.74) is 0.149. The first-order chi connectivity index (χ1) is 6.80. The highest BCUT2D eigenvalue weighted by atomic mass is 32.1. The van der Waals surface area contributed by atoms with Crippen LogP contribution >= 0.6 is 11.3 Å². The van der Waals surface area contributed by atoms with Crippen LogP contribution in [0.2, 0.25) is 0 Å². The molecule has 0 aliphatic heterocycles. The lowest BCUT2D eigenvalue weighted by atomic mass is 9.68. The molecule has 2 heteroatoms. The molecular weight excluding hydrogens is 192 g/mol. The van der Waals surface area contributed by atoms with E-state index in [0.717, 1.165) is 0 Å². The molecule has 1 aliphatic carbocycles. The van der Waals surface area contributed by atoms with Gasteiger partial charge in [0.25, 0.3) is 0 Å². The maximum Gasteiger partial charge on any atom is 0.0535 e. The number of aryl methyl sites for hydroxylation is 1. The highest BCUT2D eigenvalue weighted by Gasteiger charge is 2.39. The van der Waals surface area contributed by atoms with E-state index in [2.05, 4.69) is 19.1 Å². The summed E-state index contributed by atoms with van der Waals surface area (Å²) in [7, 11) is 0. The Morgan fingerprint density at radius 3 is 2.71 bits per heavy atom. The first-order valence-corrected chi connectivity index (χ1v) is 6.32. The fraction of sp³-hybridized carbons (Fsp3) is 0.667. The summed E-state index contributed by atoms with van der Waals surface area (Å²) in [5, 5.41) is 9.44. The van der Waals surface area contributed by atoms with E-state index in [1.54, 1.807) is 0 Å². The number of aliphatic hydroxyl groups excluding tert-OH is 1. The molecule has 1 fully saturated rings. The summed E-state index contributed by atoms with van der Waals surface area (Å²) in [5.74, 6) is 0. The molecule has 2 rings (SSSR count). The van der Waals surface area contributed by atoms with Gasteiger partial charge in [-0.15, -0.1) is 11.3 Å². The lowest BCUT2D eigenvalue weighted by molar-refractivity contribution is 0.123. The Kier molecular flexibility index (Phi) is 2.93. The van der Waals surface area contributed by atoms with Gasteiger partial charge in [-0.1, -0.05) is 19.8 Å². The van der Waals surface area contributed by atoms with Crippen molar-refractivity contribution in [1.82, 2.24) is 0 Å². The molecule has 1 heterocycles. The van der Waals surface area contributed by atoms with Crippen molar-refractivity contribution in [2.45, 2.75) is 44.4 Å². The third kappa shape index (κ3) is 1.61. The fourth-order valence-electron chi connectivity index (χ4n) is 2.13. The lowest BCUT2D eigenvalue weighted by Crippen LogP contribution is -2.36. The van der Waals surface area contributed by atoms with Crippen molar-refractivity contribution in [2.75, 3.05) is 6.61 Å². The van der Waals surface area contributed by atoms with Crippen LogP contribution in [0.1, 0.15) is 42.4 Å². The second kappa shape index (κ2) is 4.03. The van der Waals surface area contributed by atoms with Gasteiger partial charge in [0.15, 0.2) is 0 Å². The summed E-state index contributed by atoms with van der Waals surface area (Å²) in [4.78, 5) is 2.89. The summed E-state index contributed by atoms with van der Waals surface area (Å²) in [6.07, 6.45) is 6.03. The van der Waals surface area contributed by atoms with Gasteiger partial charge < -0.3 is 5.11 Å². The second-order valence-corrected chi connectivity index (χ2v) is 5.48. The Morgan fingerprint density at radius 2 is 2.21 bits per heavy atom. The standard InChI is InChI=1S/C12H18OS/c1-2-4-10-5-6-11(14-10)12(9-13)7-3-8-12/h5-6,13H,2-4,7-9H2,1H3. The maximum absolute atomic E-state index is 9.44. The molecule has 0 atom stereocenters. The van der Waals surface area contributed by atoms with Crippen molar-refractivity contribution in [3.63, 3.8) is 0 Å². The minimum atomic E-state index is 0.149. The molecular formula is C12H18OS. The molecule has 0 radical (unpaired) electrons. The molecule has 0 amide bonds. The molecule has 1 aromatic heterocycles. The SMILES string of the molecule is CCCc1ccc(C2(CO)CCC2)s1. The fourth-order valence-corrected chi connectivity index (χ4v) is 3.48. The topological polar surface area (TPSA) is 20.2 Å². The zero-order valence-electron chi connectivity index (χ0n) is 8.75. The molecule has 0 saturated heterocycles. The number of rotatable bonds is 4. The first kappa shape index (κ1) is 10.2. The molecule has 1 nitrogen and oxygen atoms in total. The normalized spacial score (nSPS) is 19.3. The predicted molar refractivity (Wildman–Crippen MR) is 60.9 cm³/mol. The van der Waals surface area contributed by atoms with Gasteiger partial charge in [0.05, 0.1) is 6.61 Å². The van der Waals surface area contributed by atoms with Crippen molar-refractivity contribution in [3.05, 3.63) is 21.9 Å². The third-order valence-corrected chi connectivity index (χ3v) is 4.69. The molecule has 1 saturated carbocycles. The lowest BCUT2D eigenvalue weighted by Gasteiger charge is -2.39. The van der Waals surface area contributed by atoms with Crippen molar-refractivity contribution in [1.29, 1.82) is 0 Å². The van der Waals surface area contributed by atoms with E-state index in [-0.39, 0.29) is 5.41 Å². The van der Waals surface area contributed by atoms with E-state index in [1.165, 1.54) is 41.9 Å². The Balaban J connectivity index is 2.15. The smallest absolute Gasteiger partial charge is 0.0535 e. The van der Waals surface area contributed by atoms with E-state index in [1.807, 2.05) is 11.3 Å². The van der Waals surface area contributed by atoms with Gasteiger partial charge in [0.2, 0.25) is 0 Å². The number of aliphatic hydroxyl groups is 1. The van der Waals surface area contributed by atoms with Crippen molar-refractivity contribution < 1.29 is 5.11 Å². The minimum Gasteiger partial charge on any atom is -0.395 e. The van der Waals surface area contributed by atoms with Gasteiger partial charge >= 0.3 is 0 Å². The van der Waals surface area contributed by atoms with E-state index in [9.17, 15) is 5.11 Å². The van der Waals surface area contributed by atoms with Gasteiger partial charge in [0, 0.05) is 15.2 Å². The van der Waals surface area contributed by atoms with Crippen molar-refractivity contribution in [2.24, 2.45) is 0 Å². The van der Waals surface area contributed by atoms with Crippen molar-refractivity contribution in [3.8, 4) is 0 Å². The molecule has 78 valence electrons. The monoisotopic (exact) mass is 210 g/mol. The summed E-state index contributed by atoms with van der Waals surface area (Å²) in [6, 6.07) is 4.46. The van der Waals surface area contributed by atoms with E-state index in [4.69, 9.17) is 0 Å². The van der Waals surface area contributed by atoms with Gasteiger partial charge in [0.1, 0.15) is 0 Å². The summed E-state index contributed by atoms with van der Waals surface area (Å²) in [6.45, 7) is 2.55. The number of hydrogen-bond donors (Lipinski definition) is 1. The van der Waals surface area contributed by atoms with Crippen LogP contribution in [0.4, 0.5) is 0 Å². The maximum atomic E-state index is 9.44. The average molecular weight is 210 g/mol. The van der Waals surface area contributed by atoms with E-state index >= 15 is 0 Å². The zero-order chi connectivity index (χ0) is 10.0. The first-order valence-electron chi connectivity index (χ1n) is 5.51. The van der Waals surface area contributed by atoms with Crippen LogP contribution in [0.15, 0.2) is 12.1 Å². The number of hydrogen-bond acceptors (Lipinski definition) is 2. The number of thiophene rings is 1. The van der Waals surface area contributed by atoms with Crippen molar-refractivity contribution >= 4 is 11.3 Å². The van der Waals surface area contributed by atoms with Gasteiger partial charge in [-0.3, -0.25) is 0 Å². The summed E-state index contributed by atoms with van der Waals surface area (Å²) >= 11 is 1.90. The van der Waals surface area contributed by atoms with Gasteiger partial charge in [-0.25, -0.2) is 0 Å². The molecule has 1 N–H and O–H groups in total. The Hall–Kier alpha value is -0.340. The largest absolute Gasteiger partial charge is 0.395 e. The van der Waals surface area contributed by atoms with Crippen LogP contribution in [0.25, 0.3) is 0 Å². The molecule has 0 aromatic carbocycles. The Morgan fingerprint density at radius 1 is 1.43 bits per heavy atom. The van der Waals surface area contributed by atoms with E-state index < -0.39 is 0 Å². The Labute approximate surface area is 89.8 Å². The Bertz CT molecular complexity index is 294. The highest BCUT2D eigenvalue weighted by molar-refractivity contribution is 7.12. The van der Waals surface area contributed by atoms with Crippen LogP contribution in [0.5, 0.6) is 0 Å². The quantitative estimate of drug-likeness (QED) is 0.809. The molecule has 0 bridgehead atoms. The zero-order valence-corrected chi connectivity index (χ0v) is 9.57. The second-order valence-electron chi connectivity index (χ2n) is 4.31.